The second-order valence-corrected chi connectivity index (χ2v) is 10.5. The standard InChI is InChI=1S/C31H28N4O2S/c36-30(29-28(23-7-2-1-3-8-23)21-26-9-4-5-15-35(26)29)31(37)32-24-11-13-25(14-12-24)34-18-16-33(17-19-34)22-27-10-6-20-38-27/h1-15,20-21H,16-19,22H2,(H,32,37). The summed E-state index contributed by atoms with van der Waals surface area (Å²) < 4.78 is 1.78. The number of anilines is 2. The molecule has 3 aromatic heterocycles. The highest BCUT2D eigenvalue weighted by Gasteiger charge is 2.25. The fourth-order valence-corrected chi connectivity index (χ4v) is 5.78. The molecule has 6 rings (SSSR count). The summed E-state index contributed by atoms with van der Waals surface area (Å²) in [5.41, 5.74) is 4.58. The minimum atomic E-state index is -0.652. The lowest BCUT2D eigenvalue weighted by atomic mass is 10.0. The maximum atomic E-state index is 13.4. The number of nitrogens with one attached hydrogen (secondary N) is 1. The molecule has 190 valence electrons. The molecular weight excluding hydrogens is 492 g/mol. The van der Waals surface area contributed by atoms with Gasteiger partial charge in [0.05, 0.1) is 0 Å². The Hall–Kier alpha value is -4.20. The van der Waals surface area contributed by atoms with Crippen LogP contribution in [0.3, 0.4) is 0 Å². The second-order valence-electron chi connectivity index (χ2n) is 9.44. The Morgan fingerprint density at radius 3 is 2.32 bits per heavy atom. The lowest BCUT2D eigenvalue weighted by Crippen LogP contribution is -2.45. The van der Waals surface area contributed by atoms with Gasteiger partial charge in [-0.05, 0) is 59.5 Å². The number of hydrogen-bond donors (Lipinski definition) is 1. The third-order valence-corrected chi connectivity index (χ3v) is 7.87. The minimum Gasteiger partial charge on any atom is -0.369 e. The maximum absolute atomic E-state index is 13.4. The van der Waals surface area contributed by atoms with Crippen LogP contribution in [0.5, 0.6) is 0 Å². The van der Waals surface area contributed by atoms with Crippen molar-refractivity contribution >= 4 is 39.9 Å². The number of carbonyl (C=O) groups is 2. The fourth-order valence-electron chi connectivity index (χ4n) is 5.03. The van der Waals surface area contributed by atoms with E-state index in [1.807, 2.05) is 85.1 Å². The maximum Gasteiger partial charge on any atom is 0.298 e. The molecular formula is C31H28N4O2S. The summed E-state index contributed by atoms with van der Waals surface area (Å²) in [5, 5.41) is 4.94. The lowest BCUT2D eigenvalue weighted by Gasteiger charge is -2.36. The lowest BCUT2D eigenvalue weighted by molar-refractivity contribution is -0.112. The van der Waals surface area contributed by atoms with Gasteiger partial charge in [-0.1, -0.05) is 42.5 Å². The molecule has 1 aliphatic rings. The van der Waals surface area contributed by atoms with Gasteiger partial charge in [-0.15, -0.1) is 11.3 Å². The van der Waals surface area contributed by atoms with E-state index in [2.05, 4.69) is 32.6 Å². The van der Waals surface area contributed by atoms with Gasteiger partial charge < -0.3 is 14.6 Å². The van der Waals surface area contributed by atoms with Crippen LogP contribution in [0, 0.1) is 0 Å². The summed E-state index contributed by atoms with van der Waals surface area (Å²) in [4.78, 5) is 32.8. The molecule has 1 aliphatic heterocycles. The molecule has 0 atom stereocenters. The molecule has 5 aromatic rings. The number of aromatic nitrogens is 1. The van der Waals surface area contributed by atoms with Crippen molar-refractivity contribution in [3.63, 3.8) is 0 Å². The van der Waals surface area contributed by atoms with Crippen molar-refractivity contribution in [1.29, 1.82) is 0 Å². The number of pyridine rings is 1. The molecule has 6 nitrogen and oxygen atoms in total. The van der Waals surface area contributed by atoms with Crippen molar-refractivity contribution in [1.82, 2.24) is 9.30 Å². The van der Waals surface area contributed by atoms with Crippen molar-refractivity contribution in [2.24, 2.45) is 0 Å². The summed E-state index contributed by atoms with van der Waals surface area (Å²) in [6, 6.07) is 29.4. The predicted octanol–water partition coefficient (Wildman–Crippen LogP) is 5.81. The molecule has 2 aromatic carbocycles. The van der Waals surface area contributed by atoms with Gasteiger partial charge in [0.2, 0.25) is 0 Å². The number of thiophene rings is 1. The van der Waals surface area contributed by atoms with E-state index in [1.165, 1.54) is 4.88 Å². The molecule has 1 amide bonds. The number of rotatable bonds is 7. The average molecular weight is 521 g/mol. The number of benzene rings is 2. The van der Waals surface area contributed by atoms with Crippen LogP contribution < -0.4 is 10.2 Å². The van der Waals surface area contributed by atoms with Gasteiger partial charge in [0.15, 0.2) is 0 Å². The van der Waals surface area contributed by atoms with Gasteiger partial charge in [-0.25, -0.2) is 0 Å². The van der Waals surface area contributed by atoms with Crippen molar-refractivity contribution in [3.8, 4) is 11.1 Å². The first kappa shape index (κ1) is 24.2. The van der Waals surface area contributed by atoms with E-state index in [0.29, 0.717) is 11.4 Å². The summed E-state index contributed by atoms with van der Waals surface area (Å²) in [6.07, 6.45) is 1.82. The Morgan fingerprint density at radius 1 is 0.816 bits per heavy atom. The first-order valence-corrected chi connectivity index (χ1v) is 13.6. The number of Topliss-reactive ketones (excluding diaryl/α,β-unsaturated/α-hetero) is 1. The van der Waals surface area contributed by atoms with Crippen LogP contribution in [0.4, 0.5) is 11.4 Å². The minimum absolute atomic E-state index is 0.362. The third-order valence-electron chi connectivity index (χ3n) is 7.01. The Balaban J connectivity index is 1.14. The molecule has 0 bridgehead atoms. The molecule has 0 aliphatic carbocycles. The van der Waals surface area contributed by atoms with Gasteiger partial charge in [-0.3, -0.25) is 14.5 Å². The highest BCUT2D eigenvalue weighted by Crippen LogP contribution is 2.29. The van der Waals surface area contributed by atoms with Crippen molar-refractivity contribution in [3.05, 3.63) is 113 Å². The molecule has 0 unspecified atom stereocenters. The number of fused-ring (bicyclic) bond motifs is 1. The molecule has 4 heterocycles. The Morgan fingerprint density at radius 2 is 1.58 bits per heavy atom. The van der Waals surface area contributed by atoms with E-state index in [1.54, 1.807) is 15.7 Å². The summed E-state index contributed by atoms with van der Waals surface area (Å²) in [7, 11) is 0. The number of nitrogens with zero attached hydrogens (tertiary/aromatic N) is 3. The Kier molecular flexibility index (Phi) is 6.77. The van der Waals surface area contributed by atoms with Gasteiger partial charge in [0.25, 0.3) is 11.7 Å². The second kappa shape index (κ2) is 10.7. The monoisotopic (exact) mass is 520 g/mol. The third kappa shape index (κ3) is 4.98. The largest absolute Gasteiger partial charge is 0.369 e. The zero-order chi connectivity index (χ0) is 25.9. The SMILES string of the molecule is O=C(Nc1ccc(N2CCN(Cc3cccs3)CC2)cc1)C(=O)c1c(-c2ccccc2)cc2ccccn12. The summed E-state index contributed by atoms with van der Waals surface area (Å²) in [5.74, 6) is -1.22. The van der Waals surface area contributed by atoms with E-state index in [0.717, 1.165) is 55.1 Å². The zero-order valence-electron chi connectivity index (χ0n) is 20.9. The van der Waals surface area contributed by atoms with E-state index in [-0.39, 0.29) is 0 Å². The summed E-state index contributed by atoms with van der Waals surface area (Å²) in [6.45, 7) is 4.95. The number of amides is 1. The molecule has 0 spiro atoms. The van der Waals surface area contributed by atoms with Crippen molar-refractivity contribution in [2.45, 2.75) is 6.54 Å². The Bertz CT molecular complexity index is 1550. The predicted molar refractivity (Wildman–Crippen MR) is 154 cm³/mol. The Labute approximate surface area is 225 Å². The van der Waals surface area contributed by atoms with E-state index < -0.39 is 11.7 Å². The number of carbonyl (C=O) groups excluding carboxylic acids is 2. The van der Waals surface area contributed by atoms with Crippen molar-refractivity contribution in [2.75, 3.05) is 36.4 Å². The van der Waals surface area contributed by atoms with Crippen LogP contribution in [0.1, 0.15) is 15.4 Å². The molecule has 38 heavy (non-hydrogen) atoms. The van der Waals surface area contributed by atoms with E-state index in [4.69, 9.17) is 0 Å². The fraction of sp³-hybridized carbons (Fsp3) is 0.161. The molecule has 0 saturated carbocycles. The quantitative estimate of drug-likeness (QED) is 0.217. The van der Waals surface area contributed by atoms with Crippen LogP contribution in [-0.2, 0) is 11.3 Å². The number of piperazine rings is 1. The molecule has 0 radical (unpaired) electrons. The highest BCUT2D eigenvalue weighted by atomic mass is 32.1. The van der Waals surface area contributed by atoms with Gasteiger partial charge in [-0.2, -0.15) is 0 Å². The van der Waals surface area contributed by atoms with Crippen LogP contribution in [-0.4, -0.2) is 47.2 Å². The van der Waals surface area contributed by atoms with E-state index in [9.17, 15) is 9.59 Å². The normalized spacial score (nSPS) is 14.1. The van der Waals surface area contributed by atoms with E-state index >= 15 is 0 Å². The van der Waals surface area contributed by atoms with Crippen LogP contribution in [0.2, 0.25) is 0 Å². The van der Waals surface area contributed by atoms with Gasteiger partial charge in [0, 0.05) is 66.3 Å². The van der Waals surface area contributed by atoms with Crippen molar-refractivity contribution < 1.29 is 9.59 Å². The average Bonchev–Trinajstić information content (AvgIpc) is 3.62. The molecule has 1 fully saturated rings. The van der Waals surface area contributed by atoms with Gasteiger partial charge >= 0.3 is 0 Å². The highest BCUT2D eigenvalue weighted by molar-refractivity contribution is 7.09. The first-order chi connectivity index (χ1) is 18.7. The zero-order valence-corrected chi connectivity index (χ0v) is 21.7. The van der Waals surface area contributed by atoms with Crippen LogP contribution in [0.25, 0.3) is 16.6 Å². The van der Waals surface area contributed by atoms with Crippen LogP contribution in [0.15, 0.2) is 103 Å². The van der Waals surface area contributed by atoms with Gasteiger partial charge in [0.1, 0.15) is 5.69 Å². The number of hydrogen-bond acceptors (Lipinski definition) is 5. The molecule has 1 N–H and O–H groups in total. The van der Waals surface area contributed by atoms with Crippen LogP contribution >= 0.6 is 11.3 Å². The summed E-state index contributed by atoms with van der Waals surface area (Å²) >= 11 is 1.81. The molecule has 1 saturated heterocycles. The molecule has 7 heteroatoms. The smallest absolute Gasteiger partial charge is 0.298 e. The number of ketones is 1. The first-order valence-electron chi connectivity index (χ1n) is 12.8. The topological polar surface area (TPSA) is 57.1 Å².